The van der Waals surface area contributed by atoms with E-state index in [0.29, 0.717) is 80.8 Å². The standard InChI is InChI=1S/C55H66ClF4N11O5/c1-67-43-28-35(6-8-38(43)47(66-67)39-5-2-17-62-51(39)72)68-20-11-32(12-21-68)25-33-13-22-69(23-14-33)53(73)75-30-37-10-16-54(15-3-19-71(37)54)31-76-52-64-49-44-42(9-7-36-29-74-24-4-18-70(36)50(44)65-52)63-48(46(49)57)40-26-34(61)27-41(56)45(40)55(58,59)60/h6,8,26-28,32-33,36-37,39H,2-5,7,9-25,29-31,61H2,1H3,(H,62,72)/t36-,37-,39?,54-/m0/s1. The van der Waals surface area contributed by atoms with E-state index in [1.165, 1.54) is 12.1 Å². The highest BCUT2D eigenvalue weighted by Gasteiger charge is 2.50. The summed E-state index contributed by atoms with van der Waals surface area (Å²) in [7, 11) is 1.96. The highest BCUT2D eigenvalue weighted by molar-refractivity contribution is 6.32. The van der Waals surface area contributed by atoms with E-state index in [1.807, 2.05) is 16.6 Å². The van der Waals surface area contributed by atoms with Crippen molar-refractivity contribution in [3.8, 4) is 17.3 Å². The van der Waals surface area contributed by atoms with Gasteiger partial charge in [0.2, 0.25) is 5.91 Å². The molecule has 5 aromatic rings. The number of carbonyl (C=O) groups excluding carboxylic acids is 2. The summed E-state index contributed by atoms with van der Waals surface area (Å²) in [5.74, 6) is 0.455. The number of benzene rings is 2. The van der Waals surface area contributed by atoms with Gasteiger partial charge in [0.25, 0.3) is 0 Å². The second kappa shape index (κ2) is 20.6. The molecule has 2 amide bonds. The van der Waals surface area contributed by atoms with Crippen LogP contribution in [0.3, 0.4) is 0 Å². The first-order valence-electron chi connectivity index (χ1n) is 27.4. The van der Waals surface area contributed by atoms with Gasteiger partial charge >= 0.3 is 18.3 Å². The molecule has 3 N–H and O–H groups in total. The number of nitrogens with two attached hydrogens (primary N) is 1. The van der Waals surface area contributed by atoms with Crippen molar-refractivity contribution >= 4 is 62.6 Å². The summed E-state index contributed by atoms with van der Waals surface area (Å²) in [5.41, 5.74) is 6.53. The van der Waals surface area contributed by atoms with Crippen LogP contribution in [0.1, 0.15) is 106 Å². The number of hydrogen-bond acceptors (Lipinski definition) is 13. The fourth-order valence-electron chi connectivity index (χ4n) is 13.8. The third-order valence-electron chi connectivity index (χ3n) is 17.8. The quantitative estimate of drug-likeness (QED) is 0.100. The minimum absolute atomic E-state index is 0.00612. The van der Waals surface area contributed by atoms with E-state index in [4.69, 9.17) is 41.6 Å². The lowest BCUT2D eigenvalue weighted by atomic mass is 9.83. The number of alkyl halides is 3. The molecule has 2 aromatic carbocycles. The number of halogens is 5. The number of hydrogen-bond donors (Lipinski definition) is 2. The maximum absolute atomic E-state index is 17.1. The molecule has 0 spiro atoms. The van der Waals surface area contributed by atoms with Gasteiger partial charge in [-0.1, -0.05) is 11.6 Å². The summed E-state index contributed by atoms with van der Waals surface area (Å²) in [6.07, 6.45) is 6.84. The Labute approximate surface area is 443 Å². The van der Waals surface area contributed by atoms with Crippen LogP contribution in [-0.4, -0.2) is 136 Å². The molecule has 12 rings (SSSR count). The molecule has 21 heteroatoms. The first-order valence-corrected chi connectivity index (χ1v) is 27.8. The van der Waals surface area contributed by atoms with Gasteiger partial charge in [-0.3, -0.25) is 14.4 Å². The first kappa shape index (κ1) is 51.1. The van der Waals surface area contributed by atoms with Crippen LogP contribution in [0.15, 0.2) is 30.3 Å². The van der Waals surface area contributed by atoms with Crippen molar-refractivity contribution in [1.29, 1.82) is 0 Å². The first-order chi connectivity index (χ1) is 36.7. The second-order valence-corrected chi connectivity index (χ2v) is 22.8. The molecule has 0 radical (unpaired) electrons. The second-order valence-electron chi connectivity index (χ2n) is 22.4. The molecule has 0 saturated carbocycles. The van der Waals surface area contributed by atoms with E-state index in [9.17, 15) is 22.8 Å². The van der Waals surface area contributed by atoms with Crippen molar-refractivity contribution in [3.63, 3.8) is 0 Å². The summed E-state index contributed by atoms with van der Waals surface area (Å²) >= 11 is 6.15. The van der Waals surface area contributed by atoms with E-state index < -0.39 is 39.4 Å². The number of amides is 2. The Morgan fingerprint density at radius 1 is 0.947 bits per heavy atom. The molecule has 0 bridgehead atoms. The van der Waals surface area contributed by atoms with E-state index >= 15 is 4.39 Å². The van der Waals surface area contributed by atoms with E-state index in [0.717, 1.165) is 119 Å². The molecule has 7 aliphatic rings. The minimum atomic E-state index is -4.93. The molecule has 3 aromatic heterocycles. The molecule has 16 nitrogen and oxygen atoms in total. The lowest BCUT2D eigenvalue weighted by molar-refractivity contribution is -0.137. The fraction of sp³-hybridized carbons (Fsp3) is 0.600. The number of fused-ring (bicyclic) bond motifs is 4. The molecular weight excluding hydrogens is 1010 g/mol. The molecule has 76 heavy (non-hydrogen) atoms. The smallest absolute Gasteiger partial charge is 0.418 e. The number of nitrogens with zero attached hydrogens (tertiary/aromatic N) is 9. The average Bonchev–Trinajstić information content (AvgIpc) is 4.06. The van der Waals surface area contributed by atoms with Gasteiger partial charge in [0.1, 0.15) is 30.2 Å². The Bertz CT molecular complexity index is 3040. The Hall–Kier alpha value is -5.73. The summed E-state index contributed by atoms with van der Waals surface area (Å²) in [5, 5.41) is 8.55. The molecule has 6 fully saturated rings. The van der Waals surface area contributed by atoms with Crippen LogP contribution in [0.5, 0.6) is 6.01 Å². The van der Waals surface area contributed by atoms with Gasteiger partial charge < -0.3 is 40.0 Å². The lowest BCUT2D eigenvalue weighted by Gasteiger charge is -2.37. The Morgan fingerprint density at radius 3 is 2.54 bits per heavy atom. The largest absolute Gasteiger partial charge is 0.461 e. The number of nitrogens with one attached hydrogen (secondary N) is 1. The van der Waals surface area contributed by atoms with Crippen LogP contribution in [0.25, 0.3) is 33.1 Å². The Kier molecular flexibility index (Phi) is 13.8. The van der Waals surface area contributed by atoms with Crippen LogP contribution >= 0.6 is 11.6 Å². The SMILES string of the molecule is Cn1nc(C2CCCNC2=O)c2ccc(N3CCC(CC4CCN(C(=O)OC[C@@H]5CC[C@]6(COc7nc8c9c(nc(-c%10cc(N)cc(Cl)c%10C(F)(F)F)c(F)c9n7)CC[C@H]7COCCCN87)CCCN56)CC4)CC3)cc21. The van der Waals surface area contributed by atoms with Crippen LogP contribution in [0.4, 0.5) is 39.5 Å². The monoisotopic (exact) mass is 1070 g/mol. The number of carbonyl (C=O) groups is 2. The van der Waals surface area contributed by atoms with E-state index in [1.54, 1.807) is 0 Å². The molecule has 406 valence electrons. The zero-order valence-electron chi connectivity index (χ0n) is 43.0. The van der Waals surface area contributed by atoms with Crippen LogP contribution in [0.2, 0.25) is 5.02 Å². The van der Waals surface area contributed by atoms with Gasteiger partial charge in [-0.15, -0.1) is 0 Å². The normalized spacial score (nSPS) is 24.9. The Balaban J connectivity index is 0.666. The summed E-state index contributed by atoms with van der Waals surface area (Å²) in [6.45, 7) is 6.85. The van der Waals surface area contributed by atoms with Crippen molar-refractivity contribution in [2.45, 2.75) is 120 Å². The fourth-order valence-corrected chi connectivity index (χ4v) is 14.2. The molecule has 0 aliphatic carbocycles. The van der Waals surface area contributed by atoms with Gasteiger partial charge in [0.05, 0.1) is 57.0 Å². The number of aromatic nitrogens is 5. The predicted molar refractivity (Wildman–Crippen MR) is 280 cm³/mol. The Morgan fingerprint density at radius 2 is 1.75 bits per heavy atom. The van der Waals surface area contributed by atoms with Gasteiger partial charge in [0.15, 0.2) is 5.82 Å². The van der Waals surface area contributed by atoms with Crippen molar-refractivity contribution in [3.05, 3.63) is 58.1 Å². The number of pyridine rings is 1. The van der Waals surface area contributed by atoms with Crippen molar-refractivity contribution < 1.29 is 41.4 Å². The average molecular weight is 1070 g/mol. The summed E-state index contributed by atoms with van der Waals surface area (Å²) in [4.78, 5) is 49.2. The zero-order valence-corrected chi connectivity index (χ0v) is 43.7. The molecule has 7 aliphatic heterocycles. The lowest BCUT2D eigenvalue weighted by Crippen LogP contribution is -2.48. The summed E-state index contributed by atoms with van der Waals surface area (Å²) in [6, 6.07) is 8.38. The van der Waals surface area contributed by atoms with Crippen LogP contribution < -0.4 is 25.6 Å². The molecule has 4 atom stereocenters. The number of ether oxygens (including phenoxy) is 3. The number of likely N-dealkylation sites (tertiary alicyclic amines) is 1. The highest BCUT2D eigenvalue weighted by atomic mass is 35.5. The minimum Gasteiger partial charge on any atom is -0.461 e. The van der Waals surface area contributed by atoms with Crippen molar-refractivity contribution in [2.24, 2.45) is 18.9 Å². The van der Waals surface area contributed by atoms with Crippen molar-refractivity contribution in [1.82, 2.24) is 39.8 Å². The molecular formula is C55H66ClF4N11O5. The van der Waals surface area contributed by atoms with Gasteiger partial charge in [-0.25, -0.2) is 14.2 Å². The van der Waals surface area contributed by atoms with Gasteiger partial charge in [-0.05, 0) is 139 Å². The number of rotatable bonds is 10. The van der Waals surface area contributed by atoms with Gasteiger partial charge in [-0.2, -0.15) is 28.2 Å². The van der Waals surface area contributed by atoms with Gasteiger partial charge in [0, 0.05) is 81.3 Å². The molecule has 10 heterocycles. The van der Waals surface area contributed by atoms with E-state index in [2.05, 4.69) is 48.2 Å². The number of nitrogen functional groups attached to an aromatic ring is 1. The predicted octanol–water partition coefficient (Wildman–Crippen LogP) is 9.04. The third kappa shape index (κ3) is 9.61. The third-order valence-corrected chi connectivity index (χ3v) is 18.1. The topological polar surface area (TPSA) is 169 Å². The number of aryl methyl sites for hydroxylation is 2. The number of piperidine rings is 3. The van der Waals surface area contributed by atoms with E-state index in [-0.39, 0.29) is 60.4 Å². The maximum atomic E-state index is 17.1. The molecule has 6 saturated heterocycles. The van der Waals surface area contributed by atoms with Crippen molar-refractivity contribution in [2.75, 3.05) is 87.8 Å². The summed E-state index contributed by atoms with van der Waals surface area (Å²) < 4.78 is 81.2. The van der Waals surface area contributed by atoms with Crippen LogP contribution in [0, 0.1) is 17.7 Å². The highest BCUT2D eigenvalue weighted by Crippen LogP contribution is 2.47. The maximum Gasteiger partial charge on any atom is 0.418 e. The zero-order chi connectivity index (χ0) is 52.5. The number of anilines is 3. The molecule has 1 unspecified atom stereocenters. The van der Waals surface area contributed by atoms with Crippen LogP contribution in [-0.2, 0) is 33.9 Å².